The lowest BCUT2D eigenvalue weighted by atomic mass is 10.1. The highest BCUT2D eigenvalue weighted by Gasteiger charge is 2.33. The number of aliphatic hydroxyl groups is 1. The molecular formula is C13H18N2O3. The minimum atomic E-state index is -0.948. The van der Waals surface area contributed by atoms with Crippen molar-refractivity contribution in [3.8, 4) is 0 Å². The molecule has 1 heterocycles. The second-order valence-corrected chi connectivity index (χ2v) is 4.50. The number of nitrogens with zero attached hydrogens (tertiary/aromatic N) is 1. The molecule has 0 spiro atoms. The molecule has 1 fully saturated rings. The number of likely N-dealkylation sites (tertiary alicyclic amines) is 1. The molecule has 1 aromatic carbocycles. The molecule has 0 aliphatic carbocycles. The van der Waals surface area contributed by atoms with Crippen molar-refractivity contribution in [2.24, 2.45) is 0 Å². The van der Waals surface area contributed by atoms with E-state index in [0.717, 1.165) is 18.5 Å². The second-order valence-electron chi connectivity index (χ2n) is 4.50. The van der Waals surface area contributed by atoms with E-state index >= 15 is 0 Å². The van der Waals surface area contributed by atoms with E-state index in [4.69, 9.17) is 5.11 Å². The highest BCUT2D eigenvalue weighted by Crippen LogP contribution is 2.20. The minimum Gasteiger partial charge on any atom is -0.465 e. The monoisotopic (exact) mass is 250 g/mol. The van der Waals surface area contributed by atoms with Gasteiger partial charge in [-0.05, 0) is 25.0 Å². The van der Waals surface area contributed by atoms with E-state index in [1.165, 1.54) is 4.90 Å². The van der Waals surface area contributed by atoms with Crippen LogP contribution in [-0.4, -0.2) is 46.4 Å². The van der Waals surface area contributed by atoms with Gasteiger partial charge in [-0.3, -0.25) is 0 Å². The number of hydrogen-bond donors (Lipinski definition) is 3. The van der Waals surface area contributed by atoms with Crippen LogP contribution in [0.4, 0.5) is 10.5 Å². The molecule has 1 aromatic rings. The van der Waals surface area contributed by atoms with Crippen LogP contribution in [0.5, 0.6) is 0 Å². The summed E-state index contributed by atoms with van der Waals surface area (Å²) in [5.74, 6) is 0. The number of benzene rings is 1. The van der Waals surface area contributed by atoms with Crippen molar-refractivity contribution in [1.82, 2.24) is 4.90 Å². The average molecular weight is 250 g/mol. The summed E-state index contributed by atoms with van der Waals surface area (Å²) >= 11 is 0. The first-order valence-corrected chi connectivity index (χ1v) is 6.15. The van der Waals surface area contributed by atoms with Gasteiger partial charge in [0.2, 0.25) is 0 Å². The molecule has 2 rings (SSSR count). The summed E-state index contributed by atoms with van der Waals surface area (Å²) in [7, 11) is 0. The molecule has 0 saturated carbocycles. The van der Waals surface area contributed by atoms with Crippen LogP contribution in [0.3, 0.4) is 0 Å². The maximum absolute atomic E-state index is 11.0. The van der Waals surface area contributed by atoms with E-state index in [2.05, 4.69) is 5.32 Å². The first-order chi connectivity index (χ1) is 8.68. The summed E-state index contributed by atoms with van der Waals surface area (Å²) < 4.78 is 0. The summed E-state index contributed by atoms with van der Waals surface area (Å²) in [5.41, 5.74) is 0.927. The Kier molecular flexibility index (Phi) is 4.04. The van der Waals surface area contributed by atoms with E-state index < -0.39 is 12.2 Å². The van der Waals surface area contributed by atoms with E-state index in [0.29, 0.717) is 13.1 Å². The smallest absolute Gasteiger partial charge is 0.407 e. The van der Waals surface area contributed by atoms with Crippen molar-refractivity contribution in [2.75, 3.05) is 18.4 Å². The number of para-hydroxylation sites is 1. The third-order valence-corrected chi connectivity index (χ3v) is 3.28. The van der Waals surface area contributed by atoms with Gasteiger partial charge in [0.25, 0.3) is 0 Å². The van der Waals surface area contributed by atoms with Crippen LogP contribution in [0.1, 0.15) is 12.8 Å². The van der Waals surface area contributed by atoms with E-state index in [-0.39, 0.29) is 6.04 Å². The van der Waals surface area contributed by atoms with Crippen molar-refractivity contribution in [3.05, 3.63) is 30.3 Å². The lowest BCUT2D eigenvalue weighted by Crippen LogP contribution is -2.44. The highest BCUT2D eigenvalue weighted by atomic mass is 16.4. The molecule has 3 N–H and O–H groups in total. The first kappa shape index (κ1) is 12.7. The van der Waals surface area contributed by atoms with Gasteiger partial charge in [-0.2, -0.15) is 0 Å². The third kappa shape index (κ3) is 2.92. The SMILES string of the molecule is O=C(O)N1CCC[C@@H]1C(O)CNc1ccccc1. The normalized spacial score (nSPS) is 20.7. The van der Waals surface area contributed by atoms with Gasteiger partial charge in [-0.25, -0.2) is 4.79 Å². The number of anilines is 1. The maximum Gasteiger partial charge on any atom is 0.407 e. The zero-order chi connectivity index (χ0) is 13.0. The predicted molar refractivity (Wildman–Crippen MR) is 68.7 cm³/mol. The number of carbonyl (C=O) groups is 1. The number of amides is 1. The standard InChI is InChI=1S/C13H18N2O3/c16-12(9-14-10-5-2-1-3-6-10)11-7-4-8-15(11)13(17)18/h1-3,5-6,11-12,14,16H,4,7-9H2,(H,17,18)/t11-,12?/m1/s1. The van der Waals surface area contributed by atoms with Gasteiger partial charge in [-0.15, -0.1) is 0 Å². The Hall–Kier alpha value is -1.75. The molecule has 1 unspecified atom stereocenters. The van der Waals surface area contributed by atoms with Crippen LogP contribution >= 0.6 is 0 Å². The minimum absolute atomic E-state index is 0.293. The van der Waals surface area contributed by atoms with E-state index in [9.17, 15) is 9.90 Å². The number of aliphatic hydroxyl groups excluding tert-OH is 1. The summed E-state index contributed by atoms with van der Waals surface area (Å²) in [4.78, 5) is 12.3. The van der Waals surface area contributed by atoms with Gasteiger partial charge in [0.1, 0.15) is 0 Å². The molecule has 1 aliphatic heterocycles. The Bertz CT molecular complexity index is 396. The molecule has 2 atom stereocenters. The summed E-state index contributed by atoms with van der Waals surface area (Å²) in [6.45, 7) is 0.876. The van der Waals surface area contributed by atoms with Crippen molar-refractivity contribution in [2.45, 2.75) is 25.0 Å². The van der Waals surface area contributed by atoms with Crippen molar-refractivity contribution >= 4 is 11.8 Å². The van der Waals surface area contributed by atoms with Gasteiger partial charge in [0, 0.05) is 18.8 Å². The third-order valence-electron chi connectivity index (χ3n) is 3.28. The fraction of sp³-hybridized carbons (Fsp3) is 0.462. The summed E-state index contributed by atoms with van der Waals surface area (Å²) in [6, 6.07) is 9.28. The maximum atomic E-state index is 11.0. The fourth-order valence-electron chi connectivity index (χ4n) is 2.34. The molecule has 1 amide bonds. The number of rotatable bonds is 4. The molecule has 1 aliphatic rings. The van der Waals surface area contributed by atoms with Gasteiger partial charge in [-0.1, -0.05) is 18.2 Å². The van der Waals surface area contributed by atoms with Gasteiger partial charge < -0.3 is 20.4 Å². The Labute approximate surface area is 106 Å². The highest BCUT2D eigenvalue weighted by molar-refractivity contribution is 5.66. The van der Waals surface area contributed by atoms with Crippen molar-refractivity contribution in [3.63, 3.8) is 0 Å². The molecular weight excluding hydrogens is 232 g/mol. The lowest BCUT2D eigenvalue weighted by molar-refractivity contribution is 0.0750. The average Bonchev–Trinajstić information content (AvgIpc) is 2.86. The van der Waals surface area contributed by atoms with Gasteiger partial charge >= 0.3 is 6.09 Å². The van der Waals surface area contributed by atoms with Crippen LogP contribution in [-0.2, 0) is 0 Å². The molecule has 1 saturated heterocycles. The number of carboxylic acid groups (broad SMARTS) is 1. The molecule has 0 bridgehead atoms. The Morgan fingerprint density at radius 2 is 2.17 bits per heavy atom. The summed E-state index contributed by atoms with van der Waals surface area (Å²) in [6.07, 6.45) is -0.0800. The van der Waals surface area contributed by atoms with Crippen LogP contribution in [0.25, 0.3) is 0 Å². The molecule has 98 valence electrons. The van der Waals surface area contributed by atoms with Gasteiger partial charge in [0.15, 0.2) is 0 Å². The Morgan fingerprint density at radius 1 is 1.44 bits per heavy atom. The van der Waals surface area contributed by atoms with Crippen LogP contribution in [0, 0.1) is 0 Å². The van der Waals surface area contributed by atoms with E-state index in [1.807, 2.05) is 30.3 Å². The topological polar surface area (TPSA) is 72.8 Å². The van der Waals surface area contributed by atoms with Crippen LogP contribution in [0.2, 0.25) is 0 Å². The molecule has 0 aromatic heterocycles. The second kappa shape index (κ2) is 5.73. The quantitative estimate of drug-likeness (QED) is 0.759. The molecule has 0 radical (unpaired) electrons. The number of hydrogen-bond acceptors (Lipinski definition) is 3. The summed E-state index contributed by atoms with van der Waals surface area (Å²) in [5, 5.41) is 22.2. The largest absolute Gasteiger partial charge is 0.465 e. The predicted octanol–water partition coefficient (Wildman–Crippen LogP) is 1.60. The van der Waals surface area contributed by atoms with Crippen LogP contribution in [0.15, 0.2) is 30.3 Å². The van der Waals surface area contributed by atoms with Crippen molar-refractivity contribution in [1.29, 1.82) is 0 Å². The lowest BCUT2D eigenvalue weighted by Gasteiger charge is -2.26. The van der Waals surface area contributed by atoms with Crippen LogP contribution < -0.4 is 5.32 Å². The zero-order valence-corrected chi connectivity index (χ0v) is 10.1. The molecule has 18 heavy (non-hydrogen) atoms. The van der Waals surface area contributed by atoms with Crippen molar-refractivity contribution < 1.29 is 15.0 Å². The molecule has 5 nitrogen and oxygen atoms in total. The van der Waals surface area contributed by atoms with E-state index in [1.54, 1.807) is 0 Å². The zero-order valence-electron chi connectivity index (χ0n) is 10.1. The fourth-order valence-corrected chi connectivity index (χ4v) is 2.34. The number of nitrogens with one attached hydrogen (secondary N) is 1. The van der Waals surface area contributed by atoms with Gasteiger partial charge in [0.05, 0.1) is 12.1 Å². The first-order valence-electron chi connectivity index (χ1n) is 6.15. The Balaban J connectivity index is 1.88. The molecule has 5 heteroatoms. The Morgan fingerprint density at radius 3 is 2.83 bits per heavy atom.